The largest absolute Gasteiger partial charge is 0.444 e. The molecular weight excluding hydrogens is 298 g/mol. The van der Waals surface area contributed by atoms with Crippen LogP contribution in [0.1, 0.15) is 37.7 Å². The Kier molecular flexibility index (Phi) is 4.88. The van der Waals surface area contributed by atoms with E-state index in [9.17, 15) is 9.59 Å². The number of amides is 1. The topological polar surface area (TPSA) is 86.4 Å². The average molecular weight is 319 g/mol. The fourth-order valence-corrected chi connectivity index (χ4v) is 1.92. The number of carbonyl (C=O) groups is 1. The number of ether oxygens (including phenoxy) is 1. The fourth-order valence-electron chi connectivity index (χ4n) is 1.92. The molecule has 0 aliphatic carbocycles. The number of hydrogen-bond acceptors (Lipinski definition) is 5. The van der Waals surface area contributed by atoms with Crippen LogP contribution in [-0.2, 0) is 17.8 Å². The standard InChI is InChI=1S/C16H21N3O4/c1-11-5-7-12(8-6-11)10-19-13(18-23-15(19)21)9-17-14(20)22-16(2,3)4/h5-8H,9-10H2,1-4H3,(H,17,20). The van der Waals surface area contributed by atoms with Gasteiger partial charge in [0.2, 0.25) is 0 Å². The highest BCUT2D eigenvalue weighted by atomic mass is 16.6. The SMILES string of the molecule is Cc1ccc(Cn2c(CNC(=O)OC(C)(C)C)noc2=O)cc1. The predicted molar refractivity (Wildman–Crippen MR) is 84.1 cm³/mol. The first-order chi connectivity index (χ1) is 10.7. The van der Waals surface area contributed by atoms with E-state index in [0.717, 1.165) is 11.1 Å². The summed E-state index contributed by atoms with van der Waals surface area (Å²) < 4.78 is 11.2. The van der Waals surface area contributed by atoms with Gasteiger partial charge in [0.15, 0.2) is 5.82 Å². The predicted octanol–water partition coefficient (Wildman–Crippen LogP) is 2.22. The molecule has 7 nitrogen and oxygen atoms in total. The molecule has 124 valence electrons. The van der Waals surface area contributed by atoms with Crippen molar-refractivity contribution in [2.45, 2.75) is 46.4 Å². The molecule has 23 heavy (non-hydrogen) atoms. The summed E-state index contributed by atoms with van der Waals surface area (Å²) in [4.78, 5) is 23.4. The molecule has 0 saturated heterocycles. The minimum atomic E-state index is -0.588. The van der Waals surface area contributed by atoms with E-state index in [1.165, 1.54) is 4.57 Å². The zero-order valence-corrected chi connectivity index (χ0v) is 13.8. The van der Waals surface area contributed by atoms with Crippen LogP contribution in [-0.4, -0.2) is 21.4 Å². The van der Waals surface area contributed by atoms with Gasteiger partial charge in [-0.3, -0.25) is 9.09 Å². The molecule has 7 heteroatoms. The molecule has 0 atom stereocenters. The molecule has 1 aromatic carbocycles. The van der Waals surface area contributed by atoms with Crippen molar-refractivity contribution >= 4 is 6.09 Å². The monoisotopic (exact) mass is 319 g/mol. The molecule has 0 bridgehead atoms. The number of alkyl carbamates (subject to hydrolysis) is 1. The van der Waals surface area contributed by atoms with Gasteiger partial charge in [0.25, 0.3) is 0 Å². The lowest BCUT2D eigenvalue weighted by Gasteiger charge is -2.19. The second-order valence-electron chi connectivity index (χ2n) is 6.29. The highest BCUT2D eigenvalue weighted by molar-refractivity contribution is 5.67. The van der Waals surface area contributed by atoms with E-state index in [1.54, 1.807) is 20.8 Å². The van der Waals surface area contributed by atoms with Crippen LogP contribution in [0.25, 0.3) is 0 Å². The summed E-state index contributed by atoms with van der Waals surface area (Å²) >= 11 is 0. The number of aromatic nitrogens is 2. The van der Waals surface area contributed by atoms with Crippen LogP contribution in [0.5, 0.6) is 0 Å². The van der Waals surface area contributed by atoms with Crippen molar-refractivity contribution in [3.8, 4) is 0 Å². The summed E-state index contributed by atoms with van der Waals surface area (Å²) in [5.74, 6) is -0.229. The zero-order chi connectivity index (χ0) is 17.0. The molecule has 0 fully saturated rings. The number of aryl methyl sites for hydroxylation is 1. The van der Waals surface area contributed by atoms with Crippen molar-refractivity contribution in [2.75, 3.05) is 0 Å². The highest BCUT2D eigenvalue weighted by Crippen LogP contribution is 2.08. The first-order valence-corrected chi connectivity index (χ1v) is 7.32. The first kappa shape index (κ1) is 16.8. The molecule has 0 radical (unpaired) electrons. The van der Waals surface area contributed by atoms with Gasteiger partial charge in [-0.05, 0) is 33.3 Å². The van der Waals surface area contributed by atoms with Crippen molar-refractivity contribution in [1.82, 2.24) is 15.0 Å². The van der Waals surface area contributed by atoms with Gasteiger partial charge in [0.1, 0.15) is 5.60 Å². The average Bonchev–Trinajstić information content (AvgIpc) is 2.78. The van der Waals surface area contributed by atoms with Gasteiger partial charge in [0.05, 0.1) is 13.1 Å². The molecule has 1 heterocycles. The summed E-state index contributed by atoms with van der Waals surface area (Å²) in [6.45, 7) is 7.69. The van der Waals surface area contributed by atoms with E-state index < -0.39 is 17.5 Å². The third-order valence-electron chi connectivity index (χ3n) is 3.01. The van der Waals surface area contributed by atoms with Crippen molar-refractivity contribution in [1.29, 1.82) is 0 Å². The molecule has 0 aliphatic heterocycles. The highest BCUT2D eigenvalue weighted by Gasteiger charge is 2.17. The smallest absolute Gasteiger partial charge is 0.441 e. The van der Waals surface area contributed by atoms with Crippen LogP contribution >= 0.6 is 0 Å². The third-order valence-corrected chi connectivity index (χ3v) is 3.01. The van der Waals surface area contributed by atoms with Gasteiger partial charge >= 0.3 is 11.8 Å². The lowest BCUT2D eigenvalue weighted by atomic mass is 10.1. The Morgan fingerprint density at radius 3 is 2.57 bits per heavy atom. The van der Waals surface area contributed by atoms with Crippen LogP contribution in [0.15, 0.2) is 33.6 Å². The van der Waals surface area contributed by atoms with Crippen LogP contribution in [0.3, 0.4) is 0 Å². The van der Waals surface area contributed by atoms with Gasteiger partial charge in [0, 0.05) is 0 Å². The van der Waals surface area contributed by atoms with E-state index >= 15 is 0 Å². The number of hydrogen-bond donors (Lipinski definition) is 1. The van der Waals surface area contributed by atoms with Crippen LogP contribution in [0.2, 0.25) is 0 Å². The lowest BCUT2D eigenvalue weighted by Crippen LogP contribution is -2.33. The minimum Gasteiger partial charge on any atom is -0.444 e. The van der Waals surface area contributed by atoms with Crippen molar-refractivity contribution in [3.05, 3.63) is 51.8 Å². The number of rotatable bonds is 4. The maximum Gasteiger partial charge on any atom is 0.441 e. The van der Waals surface area contributed by atoms with Gasteiger partial charge in [-0.25, -0.2) is 9.59 Å². The summed E-state index contributed by atoms with van der Waals surface area (Å²) in [5.41, 5.74) is 1.49. The summed E-state index contributed by atoms with van der Waals surface area (Å²) in [7, 11) is 0. The number of benzene rings is 1. The normalized spacial score (nSPS) is 11.3. The minimum absolute atomic E-state index is 0.0481. The fraction of sp³-hybridized carbons (Fsp3) is 0.438. The summed E-state index contributed by atoms with van der Waals surface area (Å²) in [6.07, 6.45) is -0.574. The van der Waals surface area contributed by atoms with E-state index in [2.05, 4.69) is 10.5 Å². The Hall–Kier alpha value is -2.57. The quantitative estimate of drug-likeness (QED) is 0.933. The number of nitrogens with one attached hydrogen (secondary N) is 1. The van der Waals surface area contributed by atoms with Gasteiger partial charge < -0.3 is 10.1 Å². The van der Waals surface area contributed by atoms with E-state index in [-0.39, 0.29) is 6.54 Å². The molecule has 0 saturated carbocycles. The molecule has 0 spiro atoms. The van der Waals surface area contributed by atoms with Crippen molar-refractivity contribution < 1.29 is 14.1 Å². The Morgan fingerprint density at radius 1 is 1.30 bits per heavy atom. The molecule has 0 aliphatic rings. The van der Waals surface area contributed by atoms with E-state index in [0.29, 0.717) is 12.4 Å². The van der Waals surface area contributed by atoms with Gasteiger partial charge in [-0.2, -0.15) is 0 Å². The number of carbonyl (C=O) groups excluding carboxylic acids is 1. The molecular formula is C16H21N3O4. The number of nitrogens with zero attached hydrogens (tertiary/aromatic N) is 2. The molecule has 1 amide bonds. The molecule has 0 unspecified atom stereocenters. The first-order valence-electron chi connectivity index (χ1n) is 7.32. The van der Waals surface area contributed by atoms with Crippen LogP contribution < -0.4 is 11.1 Å². The Bertz CT molecular complexity index is 723. The van der Waals surface area contributed by atoms with Crippen molar-refractivity contribution in [3.63, 3.8) is 0 Å². The Balaban J connectivity index is 2.05. The Labute approximate surface area is 134 Å². The van der Waals surface area contributed by atoms with Crippen LogP contribution in [0, 0.1) is 6.92 Å². The summed E-state index contributed by atoms with van der Waals surface area (Å²) in [6, 6.07) is 7.79. The van der Waals surface area contributed by atoms with E-state index in [1.807, 2.05) is 31.2 Å². The second-order valence-corrected chi connectivity index (χ2v) is 6.29. The Morgan fingerprint density at radius 2 is 1.96 bits per heavy atom. The molecule has 1 aromatic heterocycles. The van der Waals surface area contributed by atoms with Crippen LogP contribution in [0.4, 0.5) is 4.79 Å². The third kappa shape index (κ3) is 4.98. The summed E-state index contributed by atoms with van der Waals surface area (Å²) in [5, 5.41) is 6.26. The van der Waals surface area contributed by atoms with Crippen molar-refractivity contribution in [2.24, 2.45) is 0 Å². The van der Waals surface area contributed by atoms with Gasteiger partial charge in [-0.1, -0.05) is 35.0 Å². The van der Waals surface area contributed by atoms with Gasteiger partial charge in [-0.15, -0.1) is 0 Å². The maximum absolute atomic E-state index is 11.8. The van der Waals surface area contributed by atoms with E-state index in [4.69, 9.17) is 9.26 Å². The zero-order valence-electron chi connectivity index (χ0n) is 13.8. The lowest BCUT2D eigenvalue weighted by molar-refractivity contribution is 0.0521. The second kappa shape index (κ2) is 6.68. The maximum atomic E-state index is 11.8. The molecule has 2 aromatic rings. The molecule has 2 rings (SSSR count). The molecule has 1 N–H and O–H groups in total.